The average Bonchev–Trinajstić information content (AvgIpc) is 2.49. The van der Waals surface area contributed by atoms with Crippen LogP contribution in [-0.4, -0.2) is 4.98 Å². The number of aromatic nitrogens is 1. The van der Waals surface area contributed by atoms with Crippen molar-refractivity contribution in [1.29, 1.82) is 0 Å². The van der Waals surface area contributed by atoms with Crippen molar-refractivity contribution in [2.45, 2.75) is 58.8 Å². The first-order chi connectivity index (χ1) is 9.79. The fraction of sp³-hybridized carbons (Fsp3) is 0.500. The quantitative estimate of drug-likeness (QED) is 0.713. The number of para-hydroxylation sites is 1. The highest BCUT2D eigenvalue weighted by Gasteiger charge is 1.92. The van der Waals surface area contributed by atoms with E-state index in [1.54, 1.807) is 6.20 Å². The van der Waals surface area contributed by atoms with Crippen LogP contribution in [0.2, 0.25) is 0 Å². The van der Waals surface area contributed by atoms with Crippen molar-refractivity contribution >= 4 is 10.9 Å². The minimum absolute atomic E-state index is 0.0688. The van der Waals surface area contributed by atoms with E-state index in [1.807, 2.05) is 24.3 Å². The number of rotatable bonds is 6. The first-order valence-corrected chi connectivity index (χ1v) is 7.86. The van der Waals surface area contributed by atoms with Crippen molar-refractivity contribution in [1.82, 2.24) is 4.98 Å². The van der Waals surface area contributed by atoms with Gasteiger partial charge in [0.1, 0.15) is 0 Å². The topological polar surface area (TPSA) is 32.9 Å². The van der Waals surface area contributed by atoms with E-state index >= 15 is 0 Å². The molecule has 0 atom stereocenters. The summed E-state index contributed by atoms with van der Waals surface area (Å²) in [6.45, 7) is 4.53. The highest BCUT2D eigenvalue weighted by Crippen LogP contribution is 2.05. The summed E-state index contributed by atoms with van der Waals surface area (Å²) in [4.78, 5) is 14.2. The molecule has 0 unspecified atom stereocenters. The summed E-state index contributed by atoms with van der Waals surface area (Å²) < 4.78 is 0. The van der Waals surface area contributed by atoms with Gasteiger partial charge in [0.2, 0.25) is 0 Å². The SMILES string of the molecule is CCCCCCCCC.O=c1cc[nH]c2ccccc12. The number of benzene rings is 1. The largest absolute Gasteiger partial charge is 0.361 e. The molecule has 1 aromatic heterocycles. The number of aromatic amines is 1. The molecule has 0 aliphatic carbocycles. The van der Waals surface area contributed by atoms with Gasteiger partial charge in [0.15, 0.2) is 5.43 Å². The van der Waals surface area contributed by atoms with E-state index in [-0.39, 0.29) is 5.43 Å². The Morgan fingerprint density at radius 2 is 1.45 bits per heavy atom. The van der Waals surface area contributed by atoms with Gasteiger partial charge in [-0.25, -0.2) is 0 Å². The summed E-state index contributed by atoms with van der Waals surface area (Å²) in [5, 5.41) is 0.745. The van der Waals surface area contributed by atoms with Gasteiger partial charge in [-0.05, 0) is 12.1 Å². The van der Waals surface area contributed by atoms with Crippen LogP contribution in [0.5, 0.6) is 0 Å². The maximum Gasteiger partial charge on any atom is 0.189 e. The number of nitrogens with one attached hydrogen (secondary N) is 1. The highest BCUT2D eigenvalue weighted by molar-refractivity contribution is 5.77. The van der Waals surface area contributed by atoms with E-state index in [4.69, 9.17) is 0 Å². The van der Waals surface area contributed by atoms with Crippen molar-refractivity contribution in [3.8, 4) is 0 Å². The molecular formula is C18H27NO. The van der Waals surface area contributed by atoms with Gasteiger partial charge in [0, 0.05) is 23.2 Å². The number of fused-ring (bicyclic) bond motifs is 1. The van der Waals surface area contributed by atoms with E-state index in [0.717, 1.165) is 10.9 Å². The molecule has 0 spiro atoms. The molecule has 2 nitrogen and oxygen atoms in total. The van der Waals surface area contributed by atoms with E-state index in [9.17, 15) is 4.79 Å². The van der Waals surface area contributed by atoms with Crippen LogP contribution in [-0.2, 0) is 0 Å². The molecule has 2 aromatic rings. The predicted octanol–water partition coefficient (Wildman–Crippen LogP) is 5.29. The molecule has 110 valence electrons. The van der Waals surface area contributed by atoms with Crippen molar-refractivity contribution in [2.75, 3.05) is 0 Å². The van der Waals surface area contributed by atoms with Crippen LogP contribution in [0.25, 0.3) is 10.9 Å². The Morgan fingerprint density at radius 3 is 2.05 bits per heavy atom. The Balaban J connectivity index is 0.000000206. The number of hydrogen-bond acceptors (Lipinski definition) is 1. The Kier molecular flexibility index (Phi) is 8.44. The maximum atomic E-state index is 11.2. The normalized spacial score (nSPS) is 10.1. The number of hydrogen-bond donors (Lipinski definition) is 1. The first-order valence-electron chi connectivity index (χ1n) is 7.86. The Labute approximate surface area is 122 Å². The van der Waals surface area contributed by atoms with E-state index < -0.39 is 0 Å². The van der Waals surface area contributed by atoms with Gasteiger partial charge in [-0.2, -0.15) is 0 Å². The van der Waals surface area contributed by atoms with Gasteiger partial charge in [-0.1, -0.05) is 70.9 Å². The predicted molar refractivity (Wildman–Crippen MR) is 88.2 cm³/mol. The molecule has 0 aliphatic heterocycles. The molecule has 0 amide bonds. The minimum Gasteiger partial charge on any atom is -0.361 e. The molecule has 0 saturated heterocycles. The summed E-state index contributed by atoms with van der Waals surface area (Å²) in [5.74, 6) is 0. The summed E-state index contributed by atoms with van der Waals surface area (Å²) >= 11 is 0. The molecule has 0 fully saturated rings. The second-order valence-corrected chi connectivity index (χ2v) is 5.16. The Hall–Kier alpha value is -1.57. The molecule has 1 N–H and O–H groups in total. The number of unbranched alkanes of at least 4 members (excludes halogenated alkanes) is 6. The van der Waals surface area contributed by atoms with Gasteiger partial charge in [-0.15, -0.1) is 0 Å². The van der Waals surface area contributed by atoms with Crippen LogP contribution in [0.15, 0.2) is 41.3 Å². The summed E-state index contributed by atoms with van der Waals surface area (Å²) in [7, 11) is 0. The monoisotopic (exact) mass is 273 g/mol. The van der Waals surface area contributed by atoms with Gasteiger partial charge in [0.25, 0.3) is 0 Å². The summed E-state index contributed by atoms with van der Waals surface area (Å²) in [5.41, 5.74) is 0.958. The summed E-state index contributed by atoms with van der Waals surface area (Å²) in [6.07, 6.45) is 11.6. The lowest BCUT2D eigenvalue weighted by Crippen LogP contribution is -1.98. The summed E-state index contributed by atoms with van der Waals surface area (Å²) in [6, 6.07) is 8.99. The van der Waals surface area contributed by atoms with Crippen LogP contribution in [0.3, 0.4) is 0 Å². The van der Waals surface area contributed by atoms with Gasteiger partial charge in [-0.3, -0.25) is 4.79 Å². The fourth-order valence-corrected chi connectivity index (χ4v) is 2.15. The lowest BCUT2D eigenvalue weighted by atomic mass is 10.1. The molecule has 0 radical (unpaired) electrons. The molecule has 0 bridgehead atoms. The van der Waals surface area contributed by atoms with Gasteiger partial charge >= 0.3 is 0 Å². The zero-order valence-electron chi connectivity index (χ0n) is 12.8. The van der Waals surface area contributed by atoms with Crippen LogP contribution >= 0.6 is 0 Å². The van der Waals surface area contributed by atoms with Crippen molar-refractivity contribution in [3.63, 3.8) is 0 Å². The van der Waals surface area contributed by atoms with Crippen LogP contribution in [0.4, 0.5) is 0 Å². The van der Waals surface area contributed by atoms with Gasteiger partial charge in [0.05, 0.1) is 0 Å². The highest BCUT2D eigenvalue weighted by atomic mass is 16.1. The molecule has 20 heavy (non-hydrogen) atoms. The van der Waals surface area contributed by atoms with Crippen molar-refractivity contribution in [3.05, 3.63) is 46.8 Å². The average molecular weight is 273 g/mol. The number of H-pyrrole nitrogens is 1. The third-order valence-electron chi connectivity index (χ3n) is 3.37. The van der Waals surface area contributed by atoms with E-state index in [2.05, 4.69) is 18.8 Å². The van der Waals surface area contributed by atoms with E-state index in [1.165, 1.54) is 51.0 Å². The zero-order chi connectivity index (χ0) is 14.6. The molecule has 1 heterocycles. The standard InChI is InChI=1S/C9H7NO.C9H20/c11-9-5-6-10-8-4-2-1-3-7(8)9;1-3-5-7-9-8-6-4-2/h1-6H,(H,10,11);3-9H2,1-2H3. The smallest absolute Gasteiger partial charge is 0.189 e. The molecular weight excluding hydrogens is 246 g/mol. The first kappa shape index (κ1) is 16.5. The molecule has 1 aromatic carbocycles. The van der Waals surface area contributed by atoms with Crippen molar-refractivity contribution < 1.29 is 0 Å². The lowest BCUT2D eigenvalue weighted by Gasteiger charge is -1.96. The third kappa shape index (κ3) is 6.05. The molecule has 2 rings (SSSR count). The number of pyridine rings is 1. The molecule has 0 saturated carbocycles. The third-order valence-corrected chi connectivity index (χ3v) is 3.37. The maximum absolute atomic E-state index is 11.2. The Morgan fingerprint density at radius 1 is 0.850 bits per heavy atom. The lowest BCUT2D eigenvalue weighted by molar-refractivity contribution is 0.602. The minimum atomic E-state index is 0.0688. The molecule has 2 heteroatoms. The second-order valence-electron chi connectivity index (χ2n) is 5.16. The fourth-order valence-electron chi connectivity index (χ4n) is 2.15. The van der Waals surface area contributed by atoms with Crippen LogP contribution < -0.4 is 5.43 Å². The van der Waals surface area contributed by atoms with E-state index in [0.29, 0.717) is 0 Å². The van der Waals surface area contributed by atoms with Gasteiger partial charge < -0.3 is 4.98 Å². The van der Waals surface area contributed by atoms with Crippen molar-refractivity contribution in [2.24, 2.45) is 0 Å². The Bertz CT molecular complexity index is 519. The molecule has 0 aliphatic rings. The second kappa shape index (κ2) is 10.2. The van der Waals surface area contributed by atoms with Crippen LogP contribution in [0, 0.1) is 0 Å². The van der Waals surface area contributed by atoms with Crippen LogP contribution in [0.1, 0.15) is 58.8 Å². The zero-order valence-corrected chi connectivity index (χ0v) is 12.8.